The number of nitrogens with zero attached hydrogens (tertiary/aromatic N) is 1. The van der Waals surface area contributed by atoms with Gasteiger partial charge < -0.3 is 10.1 Å². The van der Waals surface area contributed by atoms with Gasteiger partial charge in [0.05, 0.1) is 11.4 Å². The number of imide groups is 1. The van der Waals surface area contributed by atoms with Crippen molar-refractivity contribution >= 4 is 63.8 Å². The third-order valence-corrected chi connectivity index (χ3v) is 6.33. The molecule has 3 amide bonds. The molecule has 172 valence electrons. The molecule has 0 bridgehead atoms. The molecular weight excluding hydrogens is 495 g/mol. The van der Waals surface area contributed by atoms with Gasteiger partial charge in [-0.25, -0.2) is 0 Å². The lowest BCUT2D eigenvalue weighted by Crippen LogP contribution is -2.27. The summed E-state index contributed by atoms with van der Waals surface area (Å²) in [6.07, 6.45) is 1.58. The lowest BCUT2D eigenvalue weighted by atomic mass is 10.1. The maximum absolute atomic E-state index is 12.9. The molecule has 0 radical (unpaired) electrons. The molecule has 1 heterocycles. The van der Waals surface area contributed by atoms with Crippen LogP contribution in [-0.4, -0.2) is 28.6 Å². The fraction of sp³-hybridized carbons (Fsp3) is 0.0800. The zero-order valence-electron chi connectivity index (χ0n) is 17.7. The van der Waals surface area contributed by atoms with Crippen molar-refractivity contribution in [2.24, 2.45) is 0 Å². The Hall–Kier alpha value is -3.26. The second-order valence-corrected chi connectivity index (χ2v) is 9.08. The van der Waals surface area contributed by atoms with Crippen LogP contribution in [0.5, 0.6) is 5.75 Å². The van der Waals surface area contributed by atoms with Crippen molar-refractivity contribution in [2.45, 2.75) is 6.54 Å². The van der Waals surface area contributed by atoms with Crippen LogP contribution in [0, 0.1) is 0 Å². The summed E-state index contributed by atoms with van der Waals surface area (Å²) >= 11 is 13.0. The minimum Gasteiger partial charge on any atom is -0.483 e. The molecule has 9 heteroatoms. The molecule has 0 aliphatic carbocycles. The largest absolute Gasteiger partial charge is 0.483 e. The Kier molecular flexibility index (Phi) is 7.57. The Labute approximate surface area is 210 Å². The molecule has 0 saturated carbocycles. The minimum absolute atomic E-state index is 0.0375. The first kappa shape index (κ1) is 23.9. The molecule has 1 aliphatic heterocycles. The summed E-state index contributed by atoms with van der Waals surface area (Å²) in [4.78, 5) is 39.0. The van der Waals surface area contributed by atoms with E-state index >= 15 is 0 Å². The molecule has 0 atom stereocenters. The van der Waals surface area contributed by atoms with Crippen molar-refractivity contribution in [1.82, 2.24) is 4.90 Å². The van der Waals surface area contributed by atoms with Gasteiger partial charge in [0, 0.05) is 21.3 Å². The quantitative estimate of drug-likeness (QED) is 0.378. The van der Waals surface area contributed by atoms with Crippen molar-refractivity contribution in [2.75, 3.05) is 11.9 Å². The number of anilines is 1. The highest BCUT2D eigenvalue weighted by Gasteiger charge is 2.35. The zero-order valence-corrected chi connectivity index (χ0v) is 20.0. The fourth-order valence-electron chi connectivity index (χ4n) is 3.19. The van der Waals surface area contributed by atoms with Crippen LogP contribution >= 0.6 is 35.0 Å². The standard InChI is InChI=1S/C25H18Cl2N2O4S/c26-18-11-10-17(20(27)13-18)14-29-24(31)22(34-25(29)32)12-16-6-4-5-9-21(16)33-15-23(30)28-19-7-2-1-3-8-19/h1-13H,14-15H2,(H,28,30)/b22-12+. The molecule has 1 saturated heterocycles. The molecule has 6 nitrogen and oxygen atoms in total. The van der Waals surface area contributed by atoms with Crippen molar-refractivity contribution < 1.29 is 19.1 Å². The number of para-hydroxylation sites is 2. The van der Waals surface area contributed by atoms with E-state index < -0.39 is 11.1 Å². The highest BCUT2D eigenvalue weighted by Crippen LogP contribution is 2.35. The summed E-state index contributed by atoms with van der Waals surface area (Å²) in [6, 6.07) is 20.9. The van der Waals surface area contributed by atoms with Gasteiger partial charge in [-0.2, -0.15) is 0 Å². The Bertz CT molecular complexity index is 1280. The molecule has 0 aromatic heterocycles. The van der Waals surface area contributed by atoms with Crippen molar-refractivity contribution in [1.29, 1.82) is 0 Å². The third-order valence-electron chi connectivity index (χ3n) is 4.84. The second kappa shape index (κ2) is 10.8. The van der Waals surface area contributed by atoms with E-state index in [1.165, 1.54) is 0 Å². The summed E-state index contributed by atoms with van der Waals surface area (Å²) in [5.41, 5.74) is 1.85. The van der Waals surface area contributed by atoms with Crippen LogP contribution in [-0.2, 0) is 16.1 Å². The Morgan fingerprint density at radius 2 is 1.74 bits per heavy atom. The van der Waals surface area contributed by atoms with Crippen molar-refractivity contribution in [3.8, 4) is 5.75 Å². The average Bonchev–Trinajstić information content (AvgIpc) is 3.08. The van der Waals surface area contributed by atoms with Gasteiger partial charge in [-0.3, -0.25) is 19.3 Å². The Morgan fingerprint density at radius 1 is 1.00 bits per heavy atom. The number of rotatable bonds is 7. The van der Waals surface area contributed by atoms with Gasteiger partial charge in [-0.1, -0.05) is 65.7 Å². The Balaban J connectivity index is 1.46. The normalized spacial score (nSPS) is 14.5. The average molecular weight is 513 g/mol. The van der Waals surface area contributed by atoms with Gasteiger partial charge in [0.2, 0.25) is 0 Å². The summed E-state index contributed by atoms with van der Waals surface area (Å²) in [7, 11) is 0. The monoisotopic (exact) mass is 512 g/mol. The predicted octanol–water partition coefficient (Wildman–Crippen LogP) is 6.25. The number of amides is 3. The van der Waals surface area contributed by atoms with E-state index in [4.69, 9.17) is 27.9 Å². The number of halogens is 2. The van der Waals surface area contributed by atoms with Crippen LogP contribution in [0.25, 0.3) is 6.08 Å². The molecule has 3 aromatic carbocycles. The second-order valence-electron chi connectivity index (χ2n) is 7.24. The fourth-order valence-corrected chi connectivity index (χ4v) is 4.49. The minimum atomic E-state index is -0.433. The van der Waals surface area contributed by atoms with Crippen LogP contribution in [0.15, 0.2) is 77.7 Å². The summed E-state index contributed by atoms with van der Waals surface area (Å²) in [5, 5.41) is 3.19. The third kappa shape index (κ3) is 5.80. The van der Waals surface area contributed by atoms with E-state index in [1.807, 2.05) is 18.2 Å². The number of nitrogens with one attached hydrogen (secondary N) is 1. The van der Waals surface area contributed by atoms with E-state index in [1.54, 1.807) is 60.7 Å². The van der Waals surface area contributed by atoms with Gasteiger partial charge in [0.15, 0.2) is 6.61 Å². The van der Waals surface area contributed by atoms with Gasteiger partial charge in [-0.05, 0) is 53.7 Å². The number of ether oxygens (including phenoxy) is 1. The molecule has 34 heavy (non-hydrogen) atoms. The summed E-state index contributed by atoms with van der Waals surface area (Å²) in [6.45, 7) is -0.174. The van der Waals surface area contributed by atoms with Gasteiger partial charge >= 0.3 is 0 Å². The highest BCUT2D eigenvalue weighted by atomic mass is 35.5. The summed E-state index contributed by atoms with van der Waals surface area (Å²) in [5.74, 6) is -0.336. The highest BCUT2D eigenvalue weighted by molar-refractivity contribution is 8.18. The van der Waals surface area contributed by atoms with Gasteiger partial charge in [0.25, 0.3) is 17.1 Å². The molecule has 0 spiro atoms. The van der Waals surface area contributed by atoms with E-state index in [9.17, 15) is 14.4 Å². The number of benzene rings is 3. The van der Waals surface area contributed by atoms with Gasteiger partial charge in [0.1, 0.15) is 5.75 Å². The van der Waals surface area contributed by atoms with Crippen LogP contribution < -0.4 is 10.1 Å². The van der Waals surface area contributed by atoms with Crippen LogP contribution in [0.2, 0.25) is 10.0 Å². The molecule has 1 aliphatic rings. The number of thioether (sulfide) groups is 1. The van der Waals surface area contributed by atoms with Crippen LogP contribution in [0.1, 0.15) is 11.1 Å². The number of hydrogen-bond donors (Lipinski definition) is 1. The molecular formula is C25H18Cl2N2O4S. The first-order valence-electron chi connectivity index (χ1n) is 10.2. The summed E-state index contributed by atoms with van der Waals surface area (Å²) < 4.78 is 5.69. The topological polar surface area (TPSA) is 75.7 Å². The van der Waals surface area contributed by atoms with Crippen LogP contribution in [0.4, 0.5) is 10.5 Å². The number of hydrogen-bond acceptors (Lipinski definition) is 5. The van der Waals surface area contributed by atoms with Crippen LogP contribution in [0.3, 0.4) is 0 Å². The zero-order chi connectivity index (χ0) is 24.1. The maximum Gasteiger partial charge on any atom is 0.293 e. The first-order valence-corrected chi connectivity index (χ1v) is 11.7. The molecule has 0 unspecified atom stereocenters. The SMILES string of the molecule is O=C(COc1ccccc1/C=C1/SC(=O)N(Cc2ccc(Cl)cc2Cl)C1=O)Nc1ccccc1. The van der Waals surface area contributed by atoms with Crippen molar-refractivity contribution in [3.63, 3.8) is 0 Å². The molecule has 4 rings (SSSR count). The first-order chi connectivity index (χ1) is 16.4. The molecule has 1 N–H and O–H groups in total. The lowest BCUT2D eigenvalue weighted by Gasteiger charge is -2.13. The molecule has 3 aromatic rings. The number of carbonyl (C=O) groups is 3. The number of carbonyl (C=O) groups excluding carboxylic acids is 3. The predicted molar refractivity (Wildman–Crippen MR) is 135 cm³/mol. The maximum atomic E-state index is 12.9. The molecule has 1 fully saturated rings. The van der Waals surface area contributed by atoms with E-state index in [-0.39, 0.29) is 24.0 Å². The van der Waals surface area contributed by atoms with E-state index in [0.717, 1.165) is 16.7 Å². The van der Waals surface area contributed by atoms with Gasteiger partial charge in [-0.15, -0.1) is 0 Å². The smallest absolute Gasteiger partial charge is 0.293 e. The Morgan fingerprint density at radius 3 is 2.50 bits per heavy atom. The van der Waals surface area contributed by atoms with E-state index in [0.29, 0.717) is 32.6 Å². The van der Waals surface area contributed by atoms with Crippen molar-refractivity contribution in [3.05, 3.63) is 98.9 Å². The lowest BCUT2D eigenvalue weighted by molar-refractivity contribution is -0.123. The van der Waals surface area contributed by atoms with E-state index in [2.05, 4.69) is 5.32 Å².